The van der Waals surface area contributed by atoms with E-state index in [1.807, 2.05) is 0 Å². The highest BCUT2D eigenvalue weighted by atomic mass is 32.2. The Labute approximate surface area is 115 Å². The Morgan fingerprint density at radius 2 is 1.79 bits per heavy atom. The Bertz CT molecular complexity index is 524. The van der Waals surface area contributed by atoms with Crippen LogP contribution in [0.1, 0.15) is 24.5 Å². The van der Waals surface area contributed by atoms with Crippen LogP contribution in [0.4, 0.5) is 0 Å². The van der Waals surface area contributed by atoms with Crippen LogP contribution in [0, 0.1) is 11.8 Å². The first-order valence-corrected chi connectivity index (χ1v) is 8.16. The molecule has 2 rings (SSSR count). The smallest absolute Gasteiger partial charge is 0.218 e. The number of aliphatic hydroxyl groups is 1. The lowest BCUT2D eigenvalue weighted by atomic mass is 10.2. The molecule has 0 aliphatic heterocycles. The molecule has 1 aromatic carbocycles. The second-order valence-corrected chi connectivity index (χ2v) is 7.56. The van der Waals surface area contributed by atoms with Gasteiger partial charge in [-0.15, -0.1) is 0 Å². The highest BCUT2D eigenvalue weighted by Gasteiger charge is 2.35. The zero-order valence-corrected chi connectivity index (χ0v) is 12.2. The minimum atomic E-state index is -3.24. The van der Waals surface area contributed by atoms with E-state index in [1.165, 1.54) is 4.31 Å². The standard InChI is InChI=1S/C14H21NO3S/c1-11-7-14(11)8-15(2)19(17,18)10-13-5-3-12(9-16)4-6-13/h3-6,11,14,16H,7-10H2,1-2H3. The molecule has 1 N–H and O–H groups in total. The van der Waals surface area contributed by atoms with E-state index >= 15 is 0 Å². The van der Waals surface area contributed by atoms with Crippen molar-refractivity contribution in [3.05, 3.63) is 35.4 Å². The summed E-state index contributed by atoms with van der Waals surface area (Å²) in [5.41, 5.74) is 1.55. The minimum absolute atomic E-state index is 0.0213. The highest BCUT2D eigenvalue weighted by Crippen LogP contribution is 2.38. The van der Waals surface area contributed by atoms with Crippen LogP contribution in [-0.4, -0.2) is 31.4 Å². The molecule has 5 heteroatoms. The molecule has 4 nitrogen and oxygen atoms in total. The van der Waals surface area contributed by atoms with Crippen molar-refractivity contribution in [2.45, 2.75) is 25.7 Å². The van der Waals surface area contributed by atoms with Crippen LogP contribution >= 0.6 is 0 Å². The summed E-state index contributed by atoms with van der Waals surface area (Å²) in [7, 11) is -1.59. The third-order valence-corrected chi connectivity index (χ3v) is 5.59. The van der Waals surface area contributed by atoms with Gasteiger partial charge in [-0.3, -0.25) is 0 Å². The summed E-state index contributed by atoms with van der Waals surface area (Å²) in [5, 5.41) is 8.95. The SMILES string of the molecule is CC1CC1CN(C)S(=O)(=O)Cc1ccc(CO)cc1. The molecule has 2 unspecified atom stereocenters. The van der Waals surface area contributed by atoms with E-state index in [1.54, 1.807) is 31.3 Å². The van der Waals surface area contributed by atoms with Crippen LogP contribution in [0.15, 0.2) is 24.3 Å². The van der Waals surface area contributed by atoms with E-state index < -0.39 is 10.0 Å². The van der Waals surface area contributed by atoms with Crippen LogP contribution in [0.3, 0.4) is 0 Å². The van der Waals surface area contributed by atoms with Gasteiger partial charge in [-0.25, -0.2) is 12.7 Å². The summed E-state index contributed by atoms with van der Waals surface area (Å²) in [6.07, 6.45) is 1.13. The number of hydrogen-bond donors (Lipinski definition) is 1. The number of benzene rings is 1. The van der Waals surface area contributed by atoms with E-state index in [-0.39, 0.29) is 12.4 Å². The predicted molar refractivity (Wildman–Crippen MR) is 74.9 cm³/mol. The van der Waals surface area contributed by atoms with Gasteiger partial charge in [-0.2, -0.15) is 0 Å². The maximum Gasteiger partial charge on any atom is 0.218 e. The van der Waals surface area contributed by atoms with Gasteiger partial charge in [0.25, 0.3) is 0 Å². The number of rotatable bonds is 6. The summed E-state index contributed by atoms with van der Waals surface area (Å²) in [6, 6.07) is 7.04. The zero-order chi connectivity index (χ0) is 14.0. The molecule has 1 aliphatic rings. The first-order valence-electron chi connectivity index (χ1n) is 6.55. The maximum atomic E-state index is 12.2. The van der Waals surface area contributed by atoms with Crippen molar-refractivity contribution in [3.63, 3.8) is 0 Å². The van der Waals surface area contributed by atoms with Crippen molar-refractivity contribution in [1.82, 2.24) is 4.31 Å². The third-order valence-electron chi connectivity index (χ3n) is 3.80. The summed E-state index contributed by atoms with van der Waals surface area (Å²) >= 11 is 0. The predicted octanol–water partition coefficient (Wildman–Crippen LogP) is 1.60. The first kappa shape index (κ1) is 14.5. The van der Waals surface area contributed by atoms with Crippen molar-refractivity contribution >= 4 is 10.0 Å². The molecule has 1 saturated carbocycles. The molecule has 1 aromatic rings. The van der Waals surface area contributed by atoms with Crippen LogP contribution < -0.4 is 0 Å². The second kappa shape index (κ2) is 5.61. The van der Waals surface area contributed by atoms with Crippen LogP contribution in [0.5, 0.6) is 0 Å². The number of hydrogen-bond acceptors (Lipinski definition) is 3. The quantitative estimate of drug-likeness (QED) is 0.862. The van der Waals surface area contributed by atoms with E-state index in [4.69, 9.17) is 5.11 Å². The van der Waals surface area contributed by atoms with Gasteiger partial charge in [0.1, 0.15) is 0 Å². The fourth-order valence-electron chi connectivity index (χ4n) is 2.16. The Morgan fingerprint density at radius 1 is 1.26 bits per heavy atom. The fourth-order valence-corrected chi connectivity index (χ4v) is 3.41. The number of aliphatic hydroxyl groups excluding tert-OH is 1. The summed E-state index contributed by atoms with van der Waals surface area (Å²) in [5.74, 6) is 1.20. The first-order chi connectivity index (χ1) is 8.92. The second-order valence-electron chi connectivity index (χ2n) is 5.48. The molecular formula is C14H21NO3S. The maximum absolute atomic E-state index is 12.2. The Hall–Kier alpha value is -0.910. The lowest BCUT2D eigenvalue weighted by Crippen LogP contribution is -2.30. The lowest BCUT2D eigenvalue weighted by Gasteiger charge is -2.17. The lowest BCUT2D eigenvalue weighted by molar-refractivity contribution is 0.282. The molecular weight excluding hydrogens is 262 g/mol. The largest absolute Gasteiger partial charge is 0.392 e. The van der Waals surface area contributed by atoms with Crippen LogP contribution in [0.25, 0.3) is 0 Å². The molecule has 0 aromatic heterocycles. The van der Waals surface area contributed by atoms with Crippen molar-refractivity contribution in [1.29, 1.82) is 0 Å². The van der Waals surface area contributed by atoms with Crippen LogP contribution in [-0.2, 0) is 22.4 Å². The topological polar surface area (TPSA) is 57.6 Å². The van der Waals surface area contributed by atoms with E-state index in [9.17, 15) is 8.42 Å². The van der Waals surface area contributed by atoms with Crippen molar-refractivity contribution in [2.24, 2.45) is 11.8 Å². The van der Waals surface area contributed by atoms with Gasteiger partial charge in [0.05, 0.1) is 12.4 Å². The molecule has 0 spiro atoms. The van der Waals surface area contributed by atoms with Gasteiger partial charge in [0.15, 0.2) is 0 Å². The van der Waals surface area contributed by atoms with Gasteiger partial charge in [-0.05, 0) is 29.4 Å². The molecule has 1 aliphatic carbocycles. The molecule has 0 amide bonds. The number of nitrogens with zero attached hydrogens (tertiary/aromatic N) is 1. The van der Waals surface area contributed by atoms with Gasteiger partial charge in [0.2, 0.25) is 10.0 Å². The molecule has 0 bridgehead atoms. The van der Waals surface area contributed by atoms with Crippen molar-refractivity contribution in [3.8, 4) is 0 Å². The van der Waals surface area contributed by atoms with Gasteiger partial charge in [-0.1, -0.05) is 31.2 Å². The van der Waals surface area contributed by atoms with Gasteiger partial charge in [0, 0.05) is 13.6 Å². The molecule has 0 heterocycles. The van der Waals surface area contributed by atoms with E-state index in [2.05, 4.69) is 6.92 Å². The summed E-state index contributed by atoms with van der Waals surface area (Å²) in [4.78, 5) is 0. The highest BCUT2D eigenvalue weighted by molar-refractivity contribution is 7.88. The molecule has 19 heavy (non-hydrogen) atoms. The van der Waals surface area contributed by atoms with E-state index in [0.717, 1.165) is 17.5 Å². The van der Waals surface area contributed by atoms with Gasteiger partial charge < -0.3 is 5.11 Å². The normalized spacial score (nSPS) is 22.7. The van der Waals surface area contributed by atoms with E-state index in [0.29, 0.717) is 18.4 Å². The van der Waals surface area contributed by atoms with Crippen LogP contribution in [0.2, 0.25) is 0 Å². The Kier molecular flexibility index (Phi) is 4.28. The van der Waals surface area contributed by atoms with Crippen molar-refractivity contribution < 1.29 is 13.5 Å². The third kappa shape index (κ3) is 3.78. The Balaban J connectivity index is 1.98. The molecule has 0 radical (unpaired) electrons. The molecule has 1 fully saturated rings. The monoisotopic (exact) mass is 283 g/mol. The zero-order valence-electron chi connectivity index (χ0n) is 11.4. The summed E-state index contributed by atoms with van der Waals surface area (Å²) in [6.45, 7) is 2.75. The average molecular weight is 283 g/mol. The van der Waals surface area contributed by atoms with Gasteiger partial charge >= 0.3 is 0 Å². The summed E-state index contributed by atoms with van der Waals surface area (Å²) < 4.78 is 25.9. The fraction of sp³-hybridized carbons (Fsp3) is 0.571. The van der Waals surface area contributed by atoms with Crippen molar-refractivity contribution in [2.75, 3.05) is 13.6 Å². The molecule has 2 atom stereocenters. The number of sulfonamides is 1. The molecule has 0 saturated heterocycles. The minimum Gasteiger partial charge on any atom is -0.392 e. The average Bonchev–Trinajstić information content (AvgIpc) is 3.05. The Morgan fingerprint density at radius 3 is 2.26 bits per heavy atom. The molecule has 106 valence electrons.